The maximum Gasteiger partial charge on any atom is 0.312 e. The molecule has 5 rings (SSSR count). The zero-order valence-corrected chi connectivity index (χ0v) is 20.4. The Morgan fingerprint density at radius 3 is 2.67 bits per heavy atom. The van der Waals surface area contributed by atoms with E-state index in [0.717, 1.165) is 6.42 Å². The molecule has 1 aromatic rings. The summed E-state index contributed by atoms with van der Waals surface area (Å²) < 4.78 is 17.3. The first-order chi connectivity index (χ1) is 17.5. The SMILES string of the molecule is COc1ccc(N2CC=C[C@]34O[C@H]5/C=C\CCCOC(=O)[C@H]5[C@H]3C(=O)N(CCCCO)C4C2=O)cc1. The number of ether oxygens (including phenoxy) is 3. The second-order valence-electron chi connectivity index (χ2n) is 9.59. The van der Waals surface area contributed by atoms with Crippen molar-refractivity contribution in [1.82, 2.24) is 4.90 Å². The molecule has 1 N–H and O–H groups in total. The Hall–Kier alpha value is -3.17. The van der Waals surface area contributed by atoms with Crippen LogP contribution in [-0.4, -0.2) is 79.0 Å². The Morgan fingerprint density at radius 1 is 1.11 bits per heavy atom. The van der Waals surface area contributed by atoms with Crippen LogP contribution in [0.5, 0.6) is 5.75 Å². The van der Waals surface area contributed by atoms with E-state index < -0.39 is 35.6 Å². The van der Waals surface area contributed by atoms with E-state index in [1.54, 1.807) is 41.2 Å². The van der Waals surface area contributed by atoms with Gasteiger partial charge in [-0.2, -0.15) is 0 Å². The van der Waals surface area contributed by atoms with Gasteiger partial charge in [0.25, 0.3) is 5.91 Å². The molecule has 4 aliphatic rings. The molecule has 192 valence electrons. The lowest BCUT2D eigenvalue weighted by molar-refractivity contribution is -0.154. The molecular weight excluding hydrogens is 464 g/mol. The molecule has 0 saturated carbocycles. The van der Waals surface area contributed by atoms with E-state index in [0.29, 0.717) is 37.2 Å². The minimum Gasteiger partial charge on any atom is -0.497 e. The minimum absolute atomic E-state index is 0.00852. The number of benzene rings is 1. The van der Waals surface area contributed by atoms with Crippen LogP contribution in [0.1, 0.15) is 25.7 Å². The molecule has 2 fully saturated rings. The van der Waals surface area contributed by atoms with Crippen LogP contribution in [0, 0.1) is 11.8 Å². The van der Waals surface area contributed by atoms with E-state index in [-0.39, 0.29) is 31.6 Å². The summed E-state index contributed by atoms with van der Waals surface area (Å²) in [6.07, 6.45) is 9.28. The molecule has 2 amide bonds. The summed E-state index contributed by atoms with van der Waals surface area (Å²) in [6.45, 7) is 0.854. The Balaban J connectivity index is 1.57. The van der Waals surface area contributed by atoms with Crippen molar-refractivity contribution >= 4 is 23.5 Å². The van der Waals surface area contributed by atoms with Crippen molar-refractivity contribution in [1.29, 1.82) is 0 Å². The number of aliphatic hydroxyl groups is 1. The first-order valence-electron chi connectivity index (χ1n) is 12.6. The predicted octanol–water partition coefficient (Wildman–Crippen LogP) is 1.84. The molecule has 1 spiro atoms. The first-order valence-corrected chi connectivity index (χ1v) is 12.6. The number of methoxy groups -OCH3 is 1. The van der Waals surface area contributed by atoms with Gasteiger partial charge in [-0.05, 0) is 49.9 Å². The van der Waals surface area contributed by atoms with Gasteiger partial charge in [0.15, 0.2) is 0 Å². The average Bonchev–Trinajstić information content (AvgIpc) is 3.29. The number of unbranched alkanes of at least 4 members (excludes halogenated alkanes) is 1. The highest BCUT2D eigenvalue weighted by molar-refractivity contribution is 6.05. The Kier molecular flexibility index (Phi) is 6.85. The number of anilines is 1. The maximum atomic E-state index is 14.2. The number of likely N-dealkylation sites (tertiary alicyclic amines) is 1. The molecule has 0 bridgehead atoms. The monoisotopic (exact) mass is 496 g/mol. The fourth-order valence-electron chi connectivity index (χ4n) is 5.88. The molecule has 4 heterocycles. The Morgan fingerprint density at radius 2 is 1.92 bits per heavy atom. The van der Waals surface area contributed by atoms with Crippen LogP contribution in [0.15, 0.2) is 48.6 Å². The molecule has 9 nitrogen and oxygen atoms in total. The van der Waals surface area contributed by atoms with Gasteiger partial charge in [0, 0.05) is 25.4 Å². The van der Waals surface area contributed by atoms with Crippen molar-refractivity contribution < 1.29 is 33.7 Å². The van der Waals surface area contributed by atoms with Gasteiger partial charge in [0.1, 0.15) is 23.3 Å². The predicted molar refractivity (Wildman–Crippen MR) is 130 cm³/mol. The highest BCUT2D eigenvalue weighted by Crippen LogP contribution is 2.53. The van der Waals surface area contributed by atoms with Gasteiger partial charge >= 0.3 is 5.97 Å². The lowest BCUT2D eigenvalue weighted by atomic mass is 9.78. The summed E-state index contributed by atoms with van der Waals surface area (Å²) >= 11 is 0. The molecule has 0 aliphatic carbocycles. The highest BCUT2D eigenvalue weighted by atomic mass is 16.6. The molecule has 0 aromatic heterocycles. The number of carbonyl (C=O) groups excluding carboxylic acids is 3. The van der Waals surface area contributed by atoms with E-state index >= 15 is 0 Å². The van der Waals surface area contributed by atoms with Gasteiger partial charge in [0.05, 0.1) is 25.7 Å². The fourth-order valence-corrected chi connectivity index (χ4v) is 5.88. The third-order valence-electron chi connectivity index (χ3n) is 7.54. The van der Waals surface area contributed by atoms with Crippen molar-refractivity contribution in [3.63, 3.8) is 0 Å². The van der Waals surface area contributed by atoms with Crippen LogP contribution in [0.2, 0.25) is 0 Å². The van der Waals surface area contributed by atoms with Crippen molar-refractivity contribution in [3.05, 3.63) is 48.6 Å². The average molecular weight is 497 g/mol. The number of esters is 1. The van der Waals surface area contributed by atoms with E-state index in [9.17, 15) is 19.5 Å². The van der Waals surface area contributed by atoms with Gasteiger partial charge in [-0.3, -0.25) is 14.4 Å². The second-order valence-corrected chi connectivity index (χ2v) is 9.59. The number of carbonyl (C=O) groups is 3. The number of rotatable bonds is 6. The zero-order valence-electron chi connectivity index (χ0n) is 20.4. The normalized spacial score (nSPS) is 32.6. The molecule has 4 aliphatic heterocycles. The first kappa shape index (κ1) is 24.5. The Bertz CT molecular complexity index is 1070. The second kappa shape index (κ2) is 10.1. The summed E-state index contributed by atoms with van der Waals surface area (Å²) in [5, 5.41) is 9.31. The maximum absolute atomic E-state index is 14.2. The van der Waals surface area contributed by atoms with Crippen LogP contribution in [0.3, 0.4) is 0 Å². The van der Waals surface area contributed by atoms with Crippen LogP contribution in [-0.2, 0) is 23.9 Å². The summed E-state index contributed by atoms with van der Waals surface area (Å²) in [4.78, 5) is 44.5. The van der Waals surface area contributed by atoms with Gasteiger partial charge in [0.2, 0.25) is 5.91 Å². The number of hydrogen-bond acceptors (Lipinski definition) is 7. The number of aliphatic hydroxyl groups excluding tert-OH is 1. The van der Waals surface area contributed by atoms with Crippen LogP contribution in [0.25, 0.3) is 0 Å². The number of cyclic esters (lactones) is 1. The number of allylic oxidation sites excluding steroid dienone is 1. The molecule has 2 saturated heterocycles. The van der Waals surface area contributed by atoms with Crippen LogP contribution < -0.4 is 9.64 Å². The van der Waals surface area contributed by atoms with Crippen molar-refractivity contribution in [2.75, 3.05) is 38.3 Å². The van der Waals surface area contributed by atoms with Gasteiger partial charge in [-0.15, -0.1) is 0 Å². The lowest BCUT2D eigenvalue weighted by Gasteiger charge is -2.35. The molecule has 9 heteroatoms. The summed E-state index contributed by atoms with van der Waals surface area (Å²) in [5.41, 5.74) is -0.611. The van der Waals surface area contributed by atoms with E-state index in [1.165, 1.54) is 0 Å². The van der Waals surface area contributed by atoms with Crippen molar-refractivity contribution in [3.8, 4) is 5.75 Å². The minimum atomic E-state index is -1.29. The van der Waals surface area contributed by atoms with Crippen molar-refractivity contribution in [2.45, 2.75) is 43.4 Å². The number of hydrogen-bond donors (Lipinski definition) is 1. The van der Waals surface area contributed by atoms with Crippen LogP contribution >= 0.6 is 0 Å². The summed E-state index contributed by atoms with van der Waals surface area (Å²) in [5.74, 6) is -2.05. The highest BCUT2D eigenvalue weighted by Gasteiger charge is 2.71. The van der Waals surface area contributed by atoms with E-state index in [1.807, 2.05) is 24.3 Å². The molecule has 0 radical (unpaired) electrons. The van der Waals surface area contributed by atoms with Gasteiger partial charge in [-0.25, -0.2) is 0 Å². The number of fused-ring (bicyclic) bond motifs is 2. The van der Waals surface area contributed by atoms with E-state index in [2.05, 4.69) is 0 Å². The smallest absolute Gasteiger partial charge is 0.312 e. The standard InChI is InChI=1S/C27H32N2O7/c1-34-19-11-9-18(10-12-19)28-15-7-13-27-22(21-20(36-27)8-3-2-6-17-35-26(21)33)24(31)29(14-4-5-16-30)23(27)25(28)32/h3,7-13,20-23,30H,2,4-6,14-17H2,1H3/b8-3-/t20-,21+,22-,23?,27-/m0/s1. The Labute approximate surface area is 210 Å². The topological polar surface area (TPSA) is 106 Å². The third kappa shape index (κ3) is 4.00. The number of amides is 2. The summed E-state index contributed by atoms with van der Waals surface area (Å²) in [6, 6.07) is 6.24. The fraction of sp³-hybridized carbons (Fsp3) is 0.519. The number of nitrogens with zero attached hydrogens (tertiary/aromatic N) is 2. The molecule has 1 unspecified atom stereocenters. The molecule has 5 atom stereocenters. The largest absolute Gasteiger partial charge is 0.497 e. The van der Waals surface area contributed by atoms with Crippen molar-refractivity contribution in [2.24, 2.45) is 11.8 Å². The van der Waals surface area contributed by atoms with Crippen LogP contribution in [0.4, 0.5) is 5.69 Å². The van der Waals surface area contributed by atoms with Gasteiger partial charge in [-0.1, -0.05) is 24.3 Å². The molecule has 1 aromatic carbocycles. The molecule has 36 heavy (non-hydrogen) atoms. The quantitative estimate of drug-likeness (QED) is 0.364. The van der Waals surface area contributed by atoms with Gasteiger partial charge < -0.3 is 29.1 Å². The summed E-state index contributed by atoms with van der Waals surface area (Å²) in [7, 11) is 1.58. The lowest BCUT2D eigenvalue weighted by Crippen LogP contribution is -2.55. The third-order valence-corrected chi connectivity index (χ3v) is 7.54. The molecular formula is C27H32N2O7. The zero-order chi connectivity index (χ0) is 25.3. The van der Waals surface area contributed by atoms with E-state index in [4.69, 9.17) is 14.2 Å².